The van der Waals surface area contributed by atoms with Gasteiger partial charge in [0.15, 0.2) is 0 Å². The fourth-order valence-corrected chi connectivity index (χ4v) is 2.37. The lowest BCUT2D eigenvalue weighted by Gasteiger charge is -2.18. The number of aryl methyl sites for hydroxylation is 1. The first-order valence-electron chi connectivity index (χ1n) is 6.40. The van der Waals surface area contributed by atoms with Gasteiger partial charge in [0, 0.05) is 14.2 Å². The number of para-hydroxylation sites is 1. The van der Waals surface area contributed by atoms with Gasteiger partial charge < -0.3 is 9.30 Å². The standard InChI is InChI=1S/C14H18ClN3O2/c1-8(2)12(20-4)13(19)17-14-16-11-9(15)6-5-7-10(11)18(14)3/h5-8,12H,1-4H3,(H,16,17,19)/t12-/m0/s1. The topological polar surface area (TPSA) is 56.1 Å². The van der Waals surface area contributed by atoms with Crippen molar-refractivity contribution in [3.8, 4) is 0 Å². The molecular weight excluding hydrogens is 278 g/mol. The number of rotatable bonds is 4. The number of ether oxygens (including phenoxy) is 1. The molecule has 0 unspecified atom stereocenters. The molecule has 0 fully saturated rings. The molecule has 0 saturated heterocycles. The number of benzene rings is 1. The fraction of sp³-hybridized carbons (Fsp3) is 0.429. The molecular formula is C14H18ClN3O2. The van der Waals surface area contributed by atoms with Gasteiger partial charge in [0.05, 0.1) is 10.5 Å². The summed E-state index contributed by atoms with van der Waals surface area (Å²) in [5, 5.41) is 3.35. The van der Waals surface area contributed by atoms with Gasteiger partial charge in [-0.3, -0.25) is 10.1 Å². The van der Waals surface area contributed by atoms with E-state index in [4.69, 9.17) is 16.3 Å². The second-order valence-corrected chi connectivity index (χ2v) is 5.40. The van der Waals surface area contributed by atoms with E-state index >= 15 is 0 Å². The van der Waals surface area contributed by atoms with Gasteiger partial charge in [0.2, 0.25) is 5.95 Å². The average Bonchev–Trinajstić information content (AvgIpc) is 2.69. The van der Waals surface area contributed by atoms with E-state index in [1.165, 1.54) is 7.11 Å². The van der Waals surface area contributed by atoms with Gasteiger partial charge in [0.1, 0.15) is 11.6 Å². The van der Waals surface area contributed by atoms with E-state index in [-0.39, 0.29) is 11.8 Å². The highest BCUT2D eigenvalue weighted by atomic mass is 35.5. The van der Waals surface area contributed by atoms with Crippen LogP contribution in [0.4, 0.5) is 5.95 Å². The Bertz CT molecular complexity index is 637. The summed E-state index contributed by atoms with van der Waals surface area (Å²) in [5.74, 6) is 0.330. The largest absolute Gasteiger partial charge is 0.371 e. The van der Waals surface area contributed by atoms with Crippen LogP contribution >= 0.6 is 11.6 Å². The van der Waals surface area contributed by atoms with Gasteiger partial charge in [-0.05, 0) is 18.1 Å². The second-order valence-electron chi connectivity index (χ2n) is 4.99. The van der Waals surface area contributed by atoms with Crippen LogP contribution in [-0.2, 0) is 16.6 Å². The molecule has 0 aliphatic heterocycles. The number of imidazole rings is 1. The Morgan fingerprint density at radius 1 is 1.45 bits per heavy atom. The maximum Gasteiger partial charge on any atom is 0.256 e. The van der Waals surface area contributed by atoms with Crippen LogP contribution in [0.2, 0.25) is 5.02 Å². The van der Waals surface area contributed by atoms with Crippen LogP contribution < -0.4 is 5.32 Å². The Hall–Kier alpha value is -1.59. The molecule has 0 saturated carbocycles. The molecule has 108 valence electrons. The number of hydrogen-bond acceptors (Lipinski definition) is 3. The maximum absolute atomic E-state index is 12.2. The summed E-state index contributed by atoms with van der Waals surface area (Å²) in [7, 11) is 3.36. The van der Waals surface area contributed by atoms with Gasteiger partial charge >= 0.3 is 0 Å². The quantitative estimate of drug-likeness (QED) is 0.943. The van der Waals surface area contributed by atoms with Crippen LogP contribution in [-0.4, -0.2) is 28.7 Å². The molecule has 20 heavy (non-hydrogen) atoms. The molecule has 1 amide bonds. The van der Waals surface area contributed by atoms with Gasteiger partial charge in [-0.25, -0.2) is 4.98 Å². The predicted octanol–water partition coefficient (Wildman–Crippen LogP) is 2.84. The minimum Gasteiger partial charge on any atom is -0.371 e. The molecule has 1 N–H and O–H groups in total. The number of nitrogens with zero attached hydrogens (tertiary/aromatic N) is 2. The molecule has 1 aromatic carbocycles. The first-order valence-corrected chi connectivity index (χ1v) is 6.78. The van der Waals surface area contributed by atoms with Crippen molar-refractivity contribution in [2.45, 2.75) is 20.0 Å². The van der Waals surface area contributed by atoms with E-state index < -0.39 is 6.10 Å². The van der Waals surface area contributed by atoms with E-state index in [0.29, 0.717) is 16.5 Å². The maximum atomic E-state index is 12.2. The molecule has 2 aromatic rings. The first-order chi connectivity index (χ1) is 9.45. The number of carbonyl (C=O) groups excluding carboxylic acids is 1. The zero-order valence-electron chi connectivity index (χ0n) is 12.0. The molecule has 1 aromatic heterocycles. The van der Waals surface area contributed by atoms with Gasteiger partial charge in [-0.15, -0.1) is 0 Å². The normalized spacial score (nSPS) is 12.9. The third-order valence-corrected chi connectivity index (χ3v) is 3.52. The molecule has 6 heteroatoms. The van der Waals surface area contributed by atoms with Crippen molar-refractivity contribution < 1.29 is 9.53 Å². The highest BCUT2D eigenvalue weighted by Crippen LogP contribution is 2.25. The predicted molar refractivity (Wildman–Crippen MR) is 80.0 cm³/mol. The number of hydrogen-bond donors (Lipinski definition) is 1. The third-order valence-electron chi connectivity index (χ3n) is 3.22. The van der Waals surface area contributed by atoms with E-state index in [1.54, 1.807) is 10.6 Å². The van der Waals surface area contributed by atoms with E-state index in [1.807, 2.05) is 33.0 Å². The third kappa shape index (κ3) is 2.64. The van der Waals surface area contributed by atoms with Crippen molar-refractivity contribution in [1.29, 1.82) is 0 Å². The van der Waals surface area contributed by atoms with Crippen molar-refractivity contribution in [2.24, 2.45) is 13.0 Å². The lowest BCUT2D eigenvalue weighted by Crippen LogP contribution is -2.34. The smallest absolute Gasteiger partial charge is 0.256 e. The van der Waals surface area contributed by atoms with Crippen LogP contribution in [0.5, 0.6) is 0 Å². The molecule has 1 atom stereocenters. The summed E-state index contributed by atoms with van der Waals surface area (Å²) >= 11 is 6.11. The SMILES string of the molecule is CO[C@H](C(=O)Nc1nc2c(Cl)cccc2n1C)C(C)C. The number of fused-ring (bicyclic) bond motifs is 1. The number of amides is 1. The summed E-state index contributed by atoms with van der Waals surface area (Å²) in [4.78, 5) is 16.5. The van der Waals surface area contributed by atoms with E-state index in [2.05, 4.69) is 10.3 Å². The van der Waals surface area contributed by atoms with Crippen molar-refractivity contribution >= 4 is 34.5 Å². The van der Waals surface area contributed by atoms with Crippen molar-refractivity contribution in [3.63, 3.8) is 0 Å². The highest BCUT2D eigenvalue weighted by Gasteiger charge is 2.23. The van der Waals surface area contributed by atoms with Crippen molar-refractivity contribution in [2.75, 3.05) is 12.4 Å². The lowest BCUT2D eigenvalue weighted by atomic mass is 10.1. The van der Waals surface area contributed by atoms with Crippen LogP contribution in [0.15, 0.2) is 18.2 Å². The second kappa shape index (κ2) is 5.81. The zero-order valence-corrected chi connectivity index (χ0v) is 12.7. The van der Waals surface area contributed by atoms with Crippen molar-refractivity contribution in [3.05, 3.63) is 23.2 Å². The number of nitrogens with one attached hydrogen (secondary N) is 1. The summed E-state index contributed by atoms with van der Waals surface area (Å²) in [6, 6.07) is 5.53. The minimum absolute atomic E-state index is 0.0817. The fourth-order valence-electron chi connectivity index (χ4n) is 2.16. The molecule has 1 heterocycles. The van der Waals surface area contributed by atoms with Gasteiger partial charge in [0.25, 0.3) is 5.91 Å². The van der Waals surface area contributed by atoms with Gasteiger partial charge in [-0.1, -0.05) is 31.5 Å². The monoisotopic (exact) mass is 295 g/mol. The summed E-state index contributed by atoms with van der Waals surface area (Å²) in [6.45, 7) is 3.86. The Balaban J connectivity index is 2.33. The van der Waals surface area contributed by atoms with Crippen LogP contribution in [0.1, 0.15) is 13.8 Å². The van der Waals surface area contributed by atoms with Gasteiger partial charge in [-0.2, -0.15) is 0 Å². The number of halogens is 1. The molecule has 5 nitrogen and oxygen atoms in total. The molecule has 0 aliphatic rings. The summed E-state index contributed by atoms with van der Waals surface area (Å²) in [6.07, 6.45) is -0.509. The number of carbonyl (C=O) groups is 1. The minimum atomic E-state index is -0.509. The Morgan fingerprint density at radius 3 is 2.70 bits per heavy atom. The van der Waals surface area contributed by atoms with Crippen LogP contribution in [0.25, 0.3) is 11.0 Å². The van der Waals surface area contributed by atoms with Crippen LogP contribution in [0, 0.1) is 5.92 Å². The molecule has 0 radical (unpaired) electrons. The Kier molecular flexibility index (Phi) is 4.30. The molecule has 0 spiro atoms. The molecule has 0 bridgehead atoms. The first kappa shape index (κ1) is 14.8. The number of methoxy groups -OCH3 is 1. The van der Waals surface area contributed by atoms with E-state index in [0.717, 1.165) is 5.52 Å². The Labute approximate surface area is 122 Å². The number of aromatic nitrogens is 2. The lowest BCUT2D eigenvalue weighted by molar-refractivity contribution is -0.128. The highest BCUT2D eigenvalue weighted by molar-refractivity contribution is 6.35. The number of anilines is 1. The summed E-state index contributed by atoms with van der Waals surface area (Å²) < 4.78 is 7.01. The molecule has 2 rings (SSSR count). The zero-order chi connectivity index (χ0) is 14.9. The Morgan fingerprint density at radius 2 is 2.15 bits per heavy atom. The average molecular weight is 296 g/mol. The molecule has 0 aliphatic carbocycles. The van der Waals surface area contributed by atoms with Crippen molar-refractivity contribution in [1.82, 2.24) is 9.55 Å². The summed E-state index contributed by atoms with van der Waals surface area (Å²) in [5.41, 5.74) is 1.54. The van der Waals surface area contributed by atoms with Crippen LogP contribution in [0.3, 0.4) is 0 Å². The van der Waals surface area contributed by atoms with E-state index in [9.17, 15) is 4.79 Å².